The Hall–Kier alpha value is -1.64. The molecule has 2 nitrogen and oxygen atoms in total. The minimum atomic E-state index is -0.0807. The van der Waals surface area contributed by atoms with E-state index in [2.05, 4.69) is 76.2 Å². The van der Waals surface area contributed by atoms with E-state index in [0.29, 0.717) is 0 Å². The van der Waals surface area contributed by atoms with Crippen LogP contribution in [-0.2, 0) is 12.8 Å². The van der Waals surface area contributed by atoms with Crippen molar-refractivity contribution in [2.75, 3.05) is 13.2 Å². The maximum absolute atomic E-state index is 9.40. The first-order valence-corrected chi connectivity index (χ1v) is 8.65. The van der Waals surface area contributed by atoms with Gasteiger partial charge in [0.15, 0.2) is 0 Å². The van der Waals surface area contributed by atoms with Crippen molar-refractivity contribution in [1.29, 1.82) is 0 Å². The minimum absolute atomic E-state index is 0.0807. The van der Waals surface area contributed by atoms with Crippen molar-refractivity contribution in [3.05, 3.63) is 59.7 Å². The molecule has 2 aromatic carbocycles. The zero-order chi connectivity index (χ0) is 17.8. The van der Waals surface area contributed by atoms with E-state index in [1.165, 1.54) is 22.3 Å². The van der Waals surface area contributed by atoms with Gasteiger partial charge in [0.05, 0.1) is 0 Å². The van der Waals surface area contributed by atoms with Gasteiger partial charge in [0.1, 0.15) is 0 Å². The Bertz CT molecular complexity index is 577. The van der Waals surface area contributed by atoms with Crippen molar-refractivity contribution in [2.24, 2.45) is 10.8 Å². The molecule has 0 atom stereocenters. The Kier molecular flexibility index (Phi) is 5.84. The van der Waals surface area contributed by atoms with Crippen LogP contribution in [0.2, 0.25) is 0 Å². The fraction of sp³-hybridized carbons (Fsp3) is 0.455. The molecule has 0 bridgehead atoms. The van der Waals surface area contributed by atoms with Crippen LogP contribution in [0.5, 0.6) is 0 Å². The number of benzene rings is 2. The van der Waals surface area contributed by atoms with Crippen LogP contribution in [0, 0.1) is 10.8 Å². The summed E-state index contributed by atoms with van der Waals surface area (Å²) in [6.07, 6.45) is 1.75. The van der Waals surface area contributed by atoms with Gasteiger partial charge >= 0.3 is 0 Å². The molecule has 0 aliphatic rings. The molecule has 0 fully saturated rings. The molecule has 2 aromatic rings. The number of aliphatic hydroxyl groups excluding tert-OH is 2. The van der Waals surface area contributed by atoms with Crippen LogP contribution in [-0.4, -0.2) is 23.4 Å². The van der Waals surface area contributed by atoms with Crippen LogP contribution in [0.1, 0.15) is 38.8 Å². The molecule has 0 spiro atoms. The predicted octanol–water partition coefficient (Wildman–Crippen LogP) is 4.48. The second-order valence-electron chi connectivity index (χ2n) is 8.39. The summed E-state index contributed by atoms with van der Waals surface area (Å²) in [6, 6.07) is 17.2. The van der Waals surface area contributed by atoms with E-state index in [0.717, 1.165) is 12.8 Å². The Morgan fingerprint density at radius 1 is 0.583 bits per heavy atom. The summed E-state index contributed by atoms with van der Waals surface area (Å²) < 4.78 is 0. The van der Waals surface area contributed by atoms with Crippen molar-refractivity contribution in [1.82, 2.24) is 0 Å². The first kappa shape index (κ1) is 18.7. The summed E-state index contributed by atoms with van der Waals surface area (Å²) in [6.45, 7) is 8.70. The zero-order valence-corrected chi connectivity index (χ0v) is 15.3. The highest BCUT2D eigenvalue weighted by Gasteiger charge is 2.18. The topological polar surface area (TPSA) is 40.5 Å². The van der Waals surface area contributed by atoms with E-state index in [-0.39, 0.29) is 24.0 Å². The van der Waals surface area contributed by atoms with Crippen LogP contribution in [0.3, 0.4) is 0 Å². The average molecular weight is 326 g/mol. The first-order valence-electron chi connectivity index (χ1n) is 8.65. The van der Waals surface area contributed by atoms with E-state index >= 15 is 0 Å². The van der Waals surface area contributed by atoms with Gasteiger partial charge in [0, 0.05) is 13.2 Å². The third-order valence-electron chi connectivity index (χ3n) is 4.46. The van der Waals surface area contributed by atoms with Gasteiger partial charge in [0.2, 0.25) is 0 Å². The molecular formula is C22H30O2. The molecule has 0 saturated heterocycles. The SMILES string of the molecule is CC(C)(CO)Cc1ccc(-c2ccc(CC(C)(C)CO)cc2)cc1. The molecule has 0 amide bonds. The summed E-state index contributed by atoms with van der Waals surface area (Å²) in [5.74, 6) is 0. The highest BCUT2D eigenvalue weighted by atomic mass is 16.3. The second-order valence-corrected chi connectivity index (χ2v) is 8.39. The van der Waals surface area contributed by atoms with Gasteiger partial charge in [-0.05, 0) is 45.9 Å². The molecule has 0 aliphatic heterocycles. The fourth-order valence-electron chi connectivity index (χ4n) is 2.85. The largest absolute Gasteiger partial charge is 0.396 e. The van der Waals surface area contributed by atoms with Crippen molar-refractivity contribution in [2.45, 2.75) is 40.5 Å². The van der Waals surface area contributed by atoms with Crippen molar-refractivity contribution >= 4 is 0 Å². The first-order chi connectivity index (χ1) is 11.2. The van der Waals surface area contributed by atoms with E-state index < -0.39 is 0 Å². The van der Waals surface area contributed by atoms with E-state index in [9.17, 15) is 10.2 Å². The van der Waals surface area contributed by atoms with Gasteiger partial charge < -0.3 is 10.2 Å². The lowest BCUT2D eigenvalue weighted by molar-refractivity contribution is 0.159. The lowest BCUT2D eigenvalue weighted by atomic mass is 9.85. The molecule has 130 valence electrons. The van der Waals surface area contributed by atoms with Crippen LogP contribution >= 0.6 is 0 Å². The fourth-order valence-corrected chi connectivity index (χ4v) is 2.85. The zero-order valence-electron chi connectivity index (χ0n) is 15.3. The number of hydrogen-bond acceptors (Lipinski definition) is 2. The van der Waals surface area contributed by atoms with Crippen LogP contribution in [0.25, 0.3) is 11.1 Å². The van der Waals surface area contributed by atoms with Gasteiger partial charge in [-0.2, -0.15) is 0 Å². The third-order valence-corrected chi connectivity index (χ3v) is 4.46. The van der Waals surface area contributed by atoms with Gasteiger partial charge in [-0.3, -0.25) is 0 Å². The maximum Gasteiger partial charge on any atom is 0.0485 e. The second kappa shape index (κ2) is 7.50. The van der Waals surface area contributed by atoms with Crippen LogP contribution in [0.4, 0.5) is 0 Å². The third kappa shape index (κ3) is 5.19. The smallest absolute Gasteiger partial charge is 0.0485 e. The molecule has 2 rings (SSSR count). The molecular weight excluding hydrogens is 296 g/mol. The number of rotatable bonds is 7. The molecule has 0 saturated carbocycles. The van der Waals surface area contributed by atoms with Crippen LogP contribution < -0.4 is 0 Å². The van der Waals surface area contributed by atoms with Crippen molar-refractivity contribution in [3.8, 4) is 11.1 Å². The molecule has 0 unspecified atom stereocenters. The summed E-state index contributed by atoms with van der Waals surface area (Å²) in [4.78, 5) is 0. The van der Waals surface area contributed by atoms with Gasteiger partial charge in [-0.15, -0.1) is 0 Å². The quantitative estimate of drug-likeness (QED) is 0.788. The standard InChI is InChI=1S/C22H30O2/c1-21(2,15-23)13-17-5-9-19(10-6-17)20-11-7-18(8-12-20)14-22(3,4)16-24/h5-12,23-24H,13-16H2,1-4H3. The molecule has 2 N–H and O–H groups in total. The maximum atomic E-state index is 9.40. The molecule has 0 radical (unpaired) electrons. The van der Waals surface area contributed by atoms with E-state index in [1.54, 1.807) is 0 Å². The molecule has 0 aliphatic carbocycles. The molecule has 24 heavy (non-hydrogen) atoms. The summed E-state index contributed by atoms with van der Waals surface area (Å²) in [5, 5.41) is 18.8. The Morgan fingerprint density at radius 2 is 0.875 bits per heavy atom. The summed E-state index contributed by atoms with van der Waals surface area (Å²) in [7, 11) is 0. The molecule has 0 heterocycles. The van der Waals surface area contributed by atoms with E-state index in [4.69, 9.17) is 0 Å². The Balaban J connectivity index is 2.09. The average Bonchev–Trinajstić information content (AvgIpc) is 2.56. The van der Waals surface area contributed by atoms with Crippen molar-refractivity contribution < 1.29 is 10.2 Å². The van der Waals surface area contributed by atoms with Gasteiger partial charge in [-0.1, -0.05) is 76.2 Å². The normalized spacial score (nSPS) is 12.4. The van der Waals surface area contributed by atoms with Crippen LogP contribution in [0.15, 0.2) is 48.5 Å². The number of hydrogen-bond donors (Lipinski definition) is 2. The minimum Gasteiger partial charge on any atom is -0.396 e. The lowest BCUT2D eigenvalue weighted by Crippen LogP contribution is -2.19. The van der Waals surface area contributed by atoms with E-state index in [1.807, 2.05) is 0 Å². The lowest BCUT2D eigenvalue weighted by Gasteiger charge is -2.22. The molecule has 2 heteroatoms. The summed E-state index contributed by atoms with van der Waals surface area (Å²) >= 11 is 0. The highest BCUT2D eigenvalue weighted by Crippen LogP contribution is 2.26. The van der Waals surface area contributed by atoms with Gasteiger partial charge in [-0.25, -0.2) is 0 Å². The Morgan fingerprint density at radius 3 is 1.12 bits per heavy atom. The molecule has 0 aromatic heterocycles. The Labute approximate surface area is 146 Å². The number of aliphatic hydroxyl groups is 2. The van der Waals surface area contributed by atoms with Gasteiger partial charge in [0.25, 0.3) is 0 Å². The summed E-state index contributed by atoms with van der Waals surface area (Å²) in [5.41, 5.74) is 4.74. The monoisotopic (exact) mass is 326 g/mol. The van der Waals surface area contributed by atoms with Crippen molar-refractivity contribution in [3.63, 3.8) is 0 Å². The highest BCUT2D eigenvalue weighted by molar-refractivity contribution is 5.64. The predicted molar refractivity (Wildman–Crippen MR) is 101 cm³/mol.